The summed E-state index contributed by atoms with van der Waals surface area (Å²) in [6.07, 6.45) is 4.23. The summed E-state index contributed by atoms with van der Waals surface area (Å²) in [6, 6.07) is 7.88. The molecule has 1 saturated heterocycles. The quantitative estimate of drug-likeness (QED) is 0.612. The van der Waals surface area contributed by atoms with Crippen LogP contribution in [0.1, 0.15) is 71.5 Å². The minimum Gasteiger partial charge on any atom is -0.494 e. The molecule has 1 N–H and O–H groups in total. The lowest BCUT2D eigenvalue weighted by atomic mass is 9.96. The molecule has 0 atom stereocenters. The van der Waals surface area contributed by atoms with Gasteiger partial charge in [-0.05, 0) is 63.8 Å². The van der Waals surface area contributed by atoms with Gasteiger partial charge in [-0.25, -0.2) is 9.97 Å². The van der Waals surface area contributed by atoms with Crippen molar-refractivity contribution >= 4 is 17.2 Å². The van der Waals surface area contributed by atoms with Crippen LogP contribution < -0.4 is 4.74 Å². The predicted octanol–water partition coefficient (Wildman–Crippen LogP) is 4.53. The van der Waals surface area contributed by atoms with Crippen LogP contribution in [0.25, 0.3) is 10.6 Å². The van der Waals surface area contributed by atoms with Crippen LogP contribution >= 0.6 is 11.3 Å². The summed E-state index contributed by atoms with van der Waals surface area (Å²) in [5, 5.41) is 8.38. The molecule has 0 bridgehead atoms. The third-order valence-electron chi connectivity index (χ3n) is 6.03. The van der Waals surface area contributed by atoms with Crippen molar-refractivity contribution in [1.82, 2.24) is 25.1 Å². The maximum atomic E-state index is 13.2. The summed E-state index contributed by atoms with van der Waals surface area (Å²) in [4.78, 5) is 25.3. The number of ether oxygens (including phenoxy) is 1. The first-order chi connectivity index (χ1) is 15.1. The number of aromatic amines is 1. The van der Waals surface area contributed by atoms with E-state index in [-0.39, 0.29) is 5.91 Å². The third-order valence-corrected chi connectivity index (χ3v) is 7.23. The van der Waals surface area contributed by atoms with E-state index in [0.29, 0.717) is 18.4 Å². The Morgan fingerprint density at radius 3 is 2.55 bits per heavy atom. The fraction of sp³-hybridized carbons (Fsp3) is 0.478. The van der Waals surface area contributed by atoms with Crippen molar-refractivity contribution in [3.05, 3.63) is 46.5 Å². The number of thiazole rings is 1. The second-order valence-electron chi connectivity index (χ2n) is 8.31. The molecule has 1 aliphatic heterocycles. The average Bonchev–Trinajstić information content (AvgIpc) is 3.40. The van der Waals surface area contributed by atoms with Crippen molar-refractivity contribution in [2.75, 3.05) is 19.7 Å². The van der Waals surface area contributed by atoms with E-state index >= 15 is 0 Å². The van der Waals surface area contributed by atoms with E-state index in [2.05, 4.69) is 15.2 Å². The fourth-order valence-electron chi connectivity index (χ4n) is 4.07. The Morgan fingerprint density at radius 1 is 1.13 bits per heavy atom. The highest BCUT2D eigenvalue weighted by atomic mass is 32.1. The lowest BCUT2D eigenvalue weighted by molar-refractivity contribution is 0.0715. The van der Waals surface area contributed by atoms with E-state index in [9.17, 15) is 4.79 Å². The molecule has 2 aliphatic rings. The molecule has 2 fully saturated rings. The van der Waals surface area contributed by atoms with Crippen LogP contribution in [0, 0.1) is 6.92 Å². The Morgan fingerprint density at radius 2 is 1.87 bits per heavy atom. The third kappa shape index (κ3) is 4.21. The summed E-state index contributed by atoms with van der Waals surface area (Å²) in [5.41, 5.74) is 1.80. The smallest absolute Gasteiger partial charge is 0.265 e. The van der Waals surface area contributed by atoms with Crippen LogP contribution in [0.2, 0.25) is 0 Å². The van der Waals surface area contributed by atoms with Gasteiger partial charge < -0.3 is 9.64 Å². The molecule has 1 saturated carbocycles. The Bertz CT molecular complexity index is 1060. The Kier molecular flexibility index (Phi) is 5.48. The normalized spacial score (nSPS) is 17.2. The number of hydrogen-bond acceptors (Lipinski definition) is 6. The van der Waals surface area contributed by atoms with E-state index in [1.54, 1.807) is 0 Å². The molecular formula is C23H27N5O2S. The van der Waals surface area contributed by atoms with Crippen LogP contribution in [0.3, 0.4) is 0 Å². The van der Waals surface area contributed by atoms with Crippen molar-refractivity contribution < 1.29 is 9.53 Å². The Balaban J connectivity index is 1.24. The molecular weight excluding hydrogens is 410 g/mol. The number of nitrogens with one attached hydrogen (secondary N) is 1. The molecule has 3 heterocycles. The molecule has 0 unspecified atom stereocenters. The number of nitrogens with zero attached hydrogens (tertiary/aromatic N) is 4. The standard InChI is InChI=1S/C23H27N5O2S/c1-3-30-18-8-6-17(7-9-18)22-24-14(2)19(31-22)23(29)28-12-10-16(11-13-28)21-25-20(26-27-21)15-4-5-15/h6-9,15-16H,3-5,10-13H2,1-2H3,(H,25,26,27). The molecule has 2 aromatic heterocycles. The van der Waals surface area contributed by atoms with Gasteiger partial charge in [0, 0.05) is 30.5 Å². The van der Waals surface area contributed by atoms with Crippen LogP contribution in [0.4, 0.5) is 0 Å². The summed E-state index contributed by atoms with van der Waals surface area (Å²) in [7, 11) is 0. The lowest BCUT2D eigenvalue weighted by Gasteiger charge is -2.30. The van der Waals surface area contributed by atoms with E-state index in [1.165, 1.54) is 24.2 Å². The van der Waals surface area contributed by atoms with Crippen molar-refractivity contribution in [3.63, 3.8) is 0 Å². The highest BCUT2D eigenvalue weighted by Gasteiger charge is 2.31. The molecule has 1 amide bonds. The first kappa shape index (κ1) is 20.2. The van der Waals surface area contributed by atoms with E-state index in [0.717, 1.165) is 64.5 Å². The maximum Gasteiger partial charge on any atom is 0.265 e. The number of aromatic nitrogens is 4. The molecule has 0 radical (unpaired) electrons. The molecule has 1 aliphatic carbocycles. The second kappa shape index (κ2) is 8.42. The lowest BCUT2D eigenvalue weighted by Crippen LogP contribution is -2.38. The van der Waals surface area contributed by atoms with Crippen molar-refractivity contribution in [1.29, 1.82) is 0 Å². The van der Waals surface area contributed by atoms with E-state index < -0.39 is 0 Å². The van der Waals surface area contributed by atoms with Crippen LogP contribution in [0.15, 0.2) is 24.3 Å². The summed E-state index contributed by atoms with van der Waals surface area (Å²) in [5.74, 6) is 3.80. The summed E-state index contributed by atoms with van der Waals surface area (Å²) in [6.45, 7) is 6.00. The zero-order valence-corrected chi connectivity index (χ0v) is 18.7. The van der Waals surface area contributed by atoms with Crippen molar-refractivity contribution in [3.8, 4) is 16.3 Å². The second-order valence-corrected chi connectivity index (χ2v) is 9.31. The number of carbonyl (C=O) groups is 1. The zero-order chi connectivity index (χ0) is 21.4. The predicted molar refractivity (Wildman–Crippen MR) is 120 cm³/mol. The number of rotatable bonds is 6. The topological polar surface area (TPSA) is 84.0 Å². The highest BCUT2D eigenvalue weighted by molar-refractivity contribution is 7.17. The van der Waals surface area contributed by atoms with Gasteiger partial charge in [0.05, 0.1) is 12.3 Å². The number of hydrogen-bond donors (Lipinski definition) is 1. The van der Waals surface area contributed by atoms with Gasteiger partial charge in [-0.1, -0.05) is 0 Å². The molecule has 8 heteroatoms. The number of aryl methyl sites for hydroxylation is 1. The molecule has 31 heavy (non-hydrogen) atoms. The van der Waals surface area contributed by atoms with E-state index in [1.807, 2.05) is 43.0 Å². The highest BCUT2D eigenvalue weighted by Crippen LogP contribution is 2.39. The van der Waals surface area contributed by atoms with Gasteiger partial charge in [0.1, 0.15) is 21.5 Å². The van der Waals surface area contributed by atoms with Crippen molar-refractivity contribution in [2.45, 2.75) is 51.4 Å². The van der Waals surface area contributed by atoms with Gasteiger partial charge in [0.15, 0.2) is 5.82 Å². The molecule has 1 aromatic carbocycles. The maximum absolute atomic E-state index is 13.2. The van der Waals surface area contributed by atoms with Gasteiger partial charge >= 0.3 is 0 Å². The average molecular weight is 438 g/mol. The summed E-state index contributed by atoms with van der Waals surface area (Å²) >= 11 is 1.47. The van der Waals surface area contributed by atoms with Gasteiger partial charge in [-0.2, -0.15) is 5.10 Å². The largest absolute Gasteiger partial charge is 0.494 e. The zero-order valence-electron chi connectivity index (χ0n) is 17.9. The molecule has 5 rings (SSSR count). The fourth-order valence-corrected chi connectivity index (χ4v) is 5.11. The molecule has 3 aromatic rings. The summed E-state index contributed by atoms with van der Waals surface area (Å²) < 4.78 is 5.51. The number of piperidine rings is 1. The molecule has 162 valence electrons. The van der Waals surface area contributed by atoms with Crippen LogP contribution in [0.5, 0.6) is 5.75 Å². The minimum atomic E-state index is 0.0851. The number of amides is 1. The minimum absolute atomic E-state index is 0.0851. The number of benzene rings is 1. The molecule has 7 nitrogen and oxygen atoms in total. The Labute approximate surface area is 185 Å². The number of carbonyl (C=O) groups excluding carboxylic acids is 1. The Hall–Kier alpha value is -2.74. The first-order valence-electron chi connectivity index (χ1n) is 11.0. The van der Waals surface area contributed by atoms with Gasteiger partial charge in [-0.3, -0.25) is 9.89 Å². The number of H-pyrrole nitrogens is 1. The van der Waals surface area contributed by atoms with E-state index in [4.69, 9.17) is 9.72 Å². The van der Waals surface area contributed by atoms with Gasteiger partial charge in [-0.15, -0.1) is 11.3 Å². The SMILES string of the molecule is CCOc1ccc(-c2nc(C)c(C(=O)N3CCC(c4nc(C5CC5)n[nH]4)CC3)s2)cc1. The first-order valence-corrected chi connectivity index (χ1v) is 11.9. The van der Waals surface area contributed by atoms with Crippen LogP contribution in [-0.2, 0) is 0 Å². The van der Waals surface area contributed by atoms with Gasteiger partial charge in [0.2, 0.25) is 0 Å². The monoisotopic (exact) mass is 437 g/mol. The van der Waals surface area contributed by atoms with Crippen molar-refractivity contribution in [2.24, 2.45) is 0 Å². The molecule has 0 spiro atoms. The van der Waals surface area contributed by atoms with Crippen LogP contribution in [-0.4, -0.2) is 50.7 Å². The number of likely N-dealkylation sites (tertiary alicyclic amines) is 1. The van der Waals surface area contributed by atoms with Gasteiger partial charge in [0.25, 0.3) is 5.91 Å².